The molecule has 1 aromatic heterocycles. The molecule has 0 spiro atoms. The lowest BCUT2D eigenvalue weighted by molar-refractivity contribution is -0.276. The van der Waals surface area contributed by atoms with Crippen LogP contribution in [0.25, 0.3) is 22.2 Å². The number of nitrogens with one attached hydrogen (secondary N) is 1. The molecular weight excluding hydrogens is 586 g/mol. The molecule has 1 fully saturated rings. The highest BCUT2D eigenvalue weighted by Crippen LogP contribution is 2.42. The number of fused-ring (bicyclic) bond motifs is 1. The number of amides is 1. The van der Waals surface area contributed by atoms with Crippen LogP contribution in [-0.4, -0.2) is 26.7 Å². The molecule has 0 radical (unpaired) electrons. The molecule has 7 nitrogen and oxygen atoms in total. The van der Waals surface area contributed by atoms with Crippen LogP contribution in [-0.2, 0) is 29.2 Å². The van der Waals surface area contributed by atoms with Crippen LogP contribution in [0.5, 0.6) is 0 Å². The second-order valence-corrected chi connectivity index (χ2v) is 12.0. The maximum atomic E-state index is 12.7. The van der Waals surface area contributed by atoms with Crippen LogP contribution in [0.1, 0.15) is 51.9 Å². The number of para-hydroxylation sites is 2. The molecule has 6 aromatic rings. The van der Waals surface area contributed by atoms with E-state index in [-0.39, 0.29) is 30.6 Å². The average molecular weight is 624 g/mol. The van der Waals surface area contributed by atoms with E-state index in [1.165, 1.54) is 0 Å². The Morgan fingerprint density at radius 1 is 0.809 bits per heavy atom. The molecule has 4 atom stereocenters. The number of hydrogen-bond acceptors (Lipinski definition) is 5. The van der Waals surface area contributed by atoms with Crippen LogP contribution >= 0.6 is 0 Å². The van der Waals surface area contributed by atoms with Crippen LogP contribution in [0.15, 0.2) is 134 Å². The summed E-state index contributed by atoms with van der Waals surface area (Å²) >= 11 is 0. The largest absolute Gasteiger partial charge is 0.392 e. The van der Waals surface area contributed by atoms with Gasteiger partial charge < -0.3 is 24.5 Å². The molecule has 7 rings (SSSR count). The zero-order chi connectivity index (χ0) is 32.2. The second-order valence-electron chi connectivity index (χ2n) is 12.0. The fraction of sp³-hybridized carbons (Fsp3) is 0.200. The number of benzene rings is 5. The second kappa shape index (κ2) is 13.7. The SMILES string of the molecule is CC1C(Cn2cnc3ccccc32)OC(c2ccc(-c3ccccc3CNC(=O)c3ccccc3)cc2)OC1c1ccc(CO)cc1. The van der Waals surface area contributed by atoms with E-state index in [0.29, 0.717) is 18.7 Å². The highest BCUT2D eigenvalue weighted by molar-refractivity contribution is 5.94. The van der Waals surface area contributed by atoms with E-state index in [0.717, 1.165) is 44.4 Å². The van der Waals surface area contributed by atoms with E-state index in [4.69, 9.17) is 9.47 Å². The van der Waals surface area contributed by atoms with Gasteiger partial charge in [0.25, 0.3) is 5.91 Å². The Hall–Kier alpha value is -5.08. The molecule has 1 saturated heterocycles. The molecule has 5 aromatic carbocycles. The van der Waals surface area contributed by atoms with Crippen LogP contribution in [0, 0.1) is 5.92 Å². The molecule has 1 amide bonds. The van der Waals surface area contributed by atoms with Crippen molar-refractivity contribution in [1.29, 1.82) is 0 Å². The standard InChI is InChI=1S/C40H37N3O4/c1-27-37(24-43-26-42-35-13-7-8-14-36(35)43)46-40(47-38(27)30-17-15-28(25-44)16-18-30)32-21-19-29(20-22-32)34-12-6-5-11-33(34)23-41-39(45)31-9-3-2-4-10-31/h2-22,26-27,37-38,40,44H,23-25H2,1H3,(H,41,45). The van der Waals surface area contributed by atoms with E-state index in [1.54, 1.807) is 0 Å². The predicted molar refractivity (Wildman–Crippen MR) is 182 cm³/mol. The van der Waals surface area contributed by atoms with Gasteiger partial charge in [-0.15, -0.1) is 0 Å². The van der Waals surface area contributed by atoms with Gasteiger partial charge in [0, 0.05) is 23.6 Å². The minimum absolute atomic E-state index is 0.00169. The minimum atomic E-state index is -0.581. The summed E-state index contributed by atoms with van der Waals surface area (Å²) in [4.78, 5) is 17.3. The van der Waals surface area contributed by atoms with Crippen molar-refractivity contribution in [2.75, 3.05) is 0 Å². The lowest BCUT2D eigenvalue weighted by Crippen LogP contribution is -2.39. The fourth-order valence-electron chi connectivity index (χ4n) is 6.32. The van der Waals surface area contributed by atoms with E-state index in [1.807, 2.05) is 97.3 Å². The van der Waals surface area contributed by atoms with Gasteiger partial charge >= 0.3 is 0 Å². The molecule has 1 aliphatic heterocycles. The lowest BCUT2D eigenvalue weighted by Gasteiger charge is -2.41. The third-order valence-corrected chi connectivity index (χ3v) is 9.01. The highest BCUT2D eigenvalue weighted by atomic mass is 16.7. The van der Waals surface area contributed by atoms with Crippen molar-refractivity contribution in [3.05, 3.63) is 162 Å². The van der Waals surface area contributed by atoms with Gasteiger partial charge in [-0.1, -0.05) is 110 Å². The maximum absolute atomic E-state index is 12.7. The van der Waals surface area contributed by atoms with Gasteiger partial charge in [-0.25, -0.2) is 4.98 Å². The van der Waals surface area contributed by atoms with Crippen LogP contribution < -0.4 is 5.32 Å². The fourth-order valence-corrected chi connectivity index (χ4v) is 6.32. The van der Waals surface area contributed by atoms with Gasteiger partial charge in [0.15, 0.2) is 6.29 Å². The Kier molecular flexibility index (Phi) is 8.93. The number of carbonyl (C=O) groups excluding carboxylic acids is 1. The summed E-state index contributed by atoms with van der Waals surface area (Å²) in [6.45, 7) is 3.21. The third kappa shape index (κ3) is 6.60. The quantitative estimate of drug-likeness (QED) is 0.173. The Morgan fingerprint density at radius 2 is 1.51 bits per heavy atom. The Balaban J connectivity index is 1.14. The van der Waals surface area contributed by atoms with Crippen molar-refractivity contribution in [1.82, 2.24) is 14.9 Å². The Bertz CT molecular complexity index is 1950. The summed E-state index contributed by atoms with van der Waals surface area (Å²) < 4.78 is 15.6. The number of aliphatic hydroxyl groups is 1. The van der Waals surface area contributed by atoms with Gasteiger partial charge in [0.05, 0.1) is 42.7 Å². The summed E-state index contributed by atoms with van der Waals surface area (Å²) in [5, 5.41) is 12.7. The normalized spacial score (nSPS) is 19.4. The lowest BCUT2D eigenvalue weighted by atomic mass is 9.90. The average Bonchev–Trinajstić information content (AvgIpc) is 3.54. The first-order valence-corrected chi connectivity index (χ1v) is 16.0. The number of imidazole rings is 1. The van der Waals surface area contributed by atoms with E-state index in [9.17, 15) is 9.90 Å². The molecule has 2 N–H and O–H groups in total. The van der Waals surface area contributed by atoms with Crippen molar-refractivity contribution in [3.8, 4) is 11.1 Å². The molecular formula is C40H37N3O4. The summed E-state index contributed by atoms with van der Waals surface area (Å²) in [6.07, 6.45) is 0.936. The number of hydrogen-bond donors (Lipinski definition) is 2. The van der Waals surface area contributed by atoms with E-state index < -0.39 is 6.29 Å². The third-order valence-electron chi connectivity index (χ3n) is 9.01. The van der Waals surface area contributed by atoms with Gasteiger partial charge in [0.2, 0.25) is 0 Å². The summed E-state index contributed by atoms with van der Waals surface area (Å²) in [7, 11) is 0. The molecule has 1 aliphatic rings. The molecule has 236 valence electrons. The Morgan fingerprint density at radius 3 is 2.30 bits per heavy atom. The smallest absolute Gasteiger partial charge is 0.251 e. The molecule has 0 bridgehead atoms. The topological polar surface area (TPSA) is 85.6 Å². The van der Waals surface area contributed by atoms with Gasteiger partial charge in [-0.3, -0.25) is 4.79 Å². The number of aliphatic hydroxyl groups excluding tert-OH is 1. The Labute approximate surface area is 274 Å². The molecule has 0 aliphatic carbocycles. The van der Waals surface area contributed by atoms with Crippen LogP contribution in [0.2, 0.25) is 0 Å². The first-order valence-electron chi connectivity index (χ1n) is 16.0. The summed E-state index contributed by atoms with van der Waals surface area (Å²) in [6, 6.07) is 41.8. The minimum Gasteiger partial charge on any atom is -0.392 e. The van der Waals surface area contributed by atoms with Crippen molar-refractivity contribution in [2.45, 2.75) is 45.1 Å². The zero-order valence-electron chi connectivity index (χ0n) is 26.2. The monoisotopic (exact) mass is 623 g/mol. The van der Waals surface area contributed by atoms with Crippen LogP contribution in [0.4, 0.5) is 0 Å². The number of ether oxygens (including phenoxy) is 2. The number of rotatable bonds is 9. The van der Waals surface area contributed by atoms with Crippen molar-refractivity contribution in [2.24, 2.45) is 5.92 Å². The van der Waals surface area contributed by atoms with Crippen LogP contribution in [0.3, 0.4) is 0 Å². The molecule has 47 heavy (non-hydrogen) atoms. The first-order chi connectivity index (χ1) is 23.1. The first kappa shape index (κ1) is 30.6. The van der Waals surface area contributed by atoms with Crippen molar-refractivity contribution < 1.29 is 19.4 Å². The maximum Gasteiger partial charge on any atom is 0.251 e. The number of carbonyl (C=O) groups is 1. The van der Waals surface area contributed by atoms with Crippen molar-refractivity contribution >= 4 is 16.9 Å². The predicted octanol–water partition coefficient (Wildman–Crippen LogP) is 7.62. The van der Waals surface area contributed by atoms with E-state index in [2.05, 4.69) is 58.2 Å². The van der Waals surface area contributed by atoms with E-state index >= 15 is 0 Å². The zero-order valence-corrected chi connectivity index (χ0v) is 26.2. The molecule has 2 heterocycles. The number of nitrogens with zero attached hydrogens (tertiary/aromatic N) is 2. The molecule has 7 heteroatoms. The molecule has 0 saturated carbocycles. The van der Waals surface area contributed by atoms with Gasteiger partial charge in [-0.2, -0.15) is 0 Å². The number of aromatic nitrogens is 2. The summed E-state index contributed by atoms with van der Waals surface area (Å²) in [5.41, 5.74) is 8.62. The molecule has 4 unspecified atom stereocenters. The highest BCUT2D eigenvalue weighted by Gasteiger charge is 2.38. The van der Waals surface area contributed by atoms with Gasteiger partial charge in [-0.05, 0) is 52.1 Å². The van der Waals surface area contributed by atoms with Crippen molar-refractivity contribution in [3.63, 3.8) is 0 Å². The van der Waals surface area contributed by atoms with Gasteiger partial charge in [0.1, 0.15) is 0 Å². The summed E-state index contributed by atoms with van der Waals surface area (Å²) in [5.74, 6) is -0.0555.